The highest BCUT2D eigenvalue weighted by Gasteiger charge is 2.35. The van der Waals surface area contributed by atoms with Gasteiger partial charge in [-0.1, -0.05) is 11.6 Å². The number of nitrogens with one attached hydrogen (secondary N) is 1. The molecule has 7 heteroatoms. The number of hydrogen-bond acceptors (Lipinski definition) is 1. The van der Waals surface area contributed by atoms with Gasteiger partial charge in [0.25, 0.3) is 0 Å². The highest BCUT2D eigenvalue weighted by molar-refractivity contribution is 6.31. The molecule has 15 heavy (non-hydrogen) atoms. The molecular weight excluding hydrogens is 236 g/mol. The third-order valence-electron chi connectivity index (χ3n) is 1.81. The van der Waals surface area contributed by atoms with Crippen LogP contribution in [0.1, 0.15) is 5.82 Å². The van der Waals surface area contributed by atoms with Gasteiger partial charge >= 0.3 is 6.18 Å². The van der Waals surface area contributed by atoms with Crippen molar-refractivity contribution in [3.8, 4) is 0 Å². The lowest BCUT2D eigenvalue weighted by Gasteiger charge is -1.98. The van der Waals surface area contributed by atoms with E-state index in [-0.39, 0.29) is 10.5 Å². The maximum absolute atomic E-state index is 13.2. The summed E-state index contributed by atoms with van der Waals surface area (Å²) in [5.41, 5.74) is -0.445. The van der Waals surface area contributed by atoms with Crippen LogP contribution in [0.15, 0.2) is 12.1 Å². The zero-order chi connectivity index (χ0) is 11.2. The molecule has 0 aliphatic rings. The van der Waals surface area contributed by atoms with Crippen LogP contribution < -0.4 is 0 Å². The Labute approximate surface area is 85.9 Å². The van der Waals surface area contributed by atoms with E-state index in [9.17, 15) is 17.6 Å². The molecular formula is C8H3ClF4N2. The molecule has 2 nitrogen and oxygen atoms in total. The van der Waals surface area contributed by atoms with E-state index in [1.54, 1.807) is 0 Å². The van der Waals surface area contributed by atoms with E-state index in [0.29, 0.717) is 0 Å². The number of alkyl halides is 3. The van der Waals surface area contributed by atoms with Gasteiger partial charge in [-0.25, -0.2) is 9.37 Å². The molecule has 0 aliphatic heterocycles. The monoisotopic (exact) mass is 238 g/mol. The van der Waals surface area contributed by atoms with E-state index >= 15 is 0 Å². The number of aromatic nitrogens is 2. The van der Waals surface area contributed by atoms with Crippen molar-refractivity contribution >= 4 is 22.6 Å². The molecule has 1 aromatic carbocycles. The first-order valence-electron chi connectivity index (χ1n) is 3.80. The number of rotatable bonds is 0. The van der Waals surface area contributed by atoms with Crippen molar-refractivity contribution < 1.29 is 17.6 Å². The van der Waals surface area contributed by atoms with Gasteiger partial charge < -0.3 is 4.98 Å². The van der Waals surface area contributed by atoms with Crippen molar-refractivity contribution in [1.29, 1.82) is 0 Å². The van der Waals surface area contributed by atoms with Gasteiger partial charge in [0, 0.05) is 0 Å². The van der Waals surface area contributed by atoms with Crippen LogP contribution in [0.2, 0.25) is 5.02 Å². The third-order valence-corrected chi connectivity index (χ3v) is 2.11. The van der Waals surface area contributed by atoms with Crippen LogP contribution in [0, 0.1) is 5.82 Å². The molecule has 80 valence electrons. The van der Waals surface area contributed by atoms with Crippen molar-refractivity contribution in [2.75, 3.05) is 0 Å². The number of benzene rings is 1. The minimum atomic E-state index is -4.63. The molecule has 0 saturated carbocycles. The molecule has 0 spiro atoms. The highest BCUT2D eigenvalue weighted by atomic mass is 35.5. The summed E-state index contributed by atoms with van der Waals surface area (Å²) in [5, 5.41) is -0.261. The zero-order valence-corrected chi connectivity index (χ0v) is 7.75. The Morgan fingerprint density at radius 2 is 1.93 bits per heavy atom. The maximum Gasteiger partial charge on any atom is 0.449 e. The van der Waals surface area contributed by atoms with Crippen LogP contribution in [-0.2, 0) is 6.18 Å². The molecule has 1 heterocycles. The van der Waals surface area contributed by atoms with Crippen molar-refractivity contribution in [3.63, 3.8) is 0 Å². The number of halogens is 5. The second-order valence-electron chi connectivity index (χ2n) is 2.84. The lowest BCUT2D eigenvalue weighted by Crippen LogP contribution is -2.06. The fourth-order valence-corrected chi connectivity index (χ4v) is 1.30. The van der Waals surface area contributed by atoms with E-state index in [2.05, 4.69) is 4.98 Å². The molecule has 0 saturated heterocycles. The van der Waals surface area contributed by atoms with Crippen LogP contribution in [0.5, 0.6) is 0 Å². The summed E-state index contributed by atoms with van der Waals surface area (Å²) in [6, 6.07) is 2.40. The number of fused-ring (bicyclic) bond motifs is 1. The Morgan fingerprint density at radius 1 is 1.27 bits per heavy atom. The van der Waals surface area contributed by atoms with Gasteiger partial charge in [0.15, 0.2) is 5.82 Å². The third kappa shape index (κ3) is 1.65. The van der Waals surface area contributed by atoms with Crippen molar-refractivity contribution in [2.24, 2.45) is 0 Å². The lowest BCUT2D eigenvalue weighted by atomic mass is 10.3. The van der Waals surface area contributed by atoms with Gasteiger partial charge in [-0.3, -0.25) is 0 Å². The fourth-order valence-electron chi connectivity index (χ4n) is 1.15. The summed E-state index contributed by atoms with van der Waals surface area (Å²) >= 11 is 5.40. The van der Waals surface area contributed by atoms with Gasteiger partial charge in [-0.15, -0.1) is 0 Å². The lowest BCUT2D eigenvalue weighted by molar-refractivity contribution is -0.144. The van der Waals surface area contributed by atoms with Gasteiger partial charge in [-0.05, 0) is 12.1 Å². The number of imidazole rings is 1. The number of hydrogen-bond donors (Lipinski definition) is 1. The summed E-state index contributed by atoms with van der Waals surface area (Å²) < 4.78 is 49.8. The summed E-state index contributed by atoms with van der Waals surface area (Å²) in [7, 11) is 0. The van der Waals surface area contributed by atoms with Gasteiger partial charge in [0.05, 0.1) is 10.5 Å². The number of nitrogens with zero attached hydrogens (tertiary/aromatic N) is 1. The summed E-state index contributed by atoms with van der Waals surface area (Å²) in [6.45, 7) is 0. The molecule has 0 aliphatic carbocycles. The van der Waals surface area contributed by atoms with Crippen LogP contribution >= 0.6 is 11.6 Å². The van der Waals surface area contributed by atoms with Crippen LogP contribution in [0.4, 0.5) is 17.6 Å². The molecule has 0 amide bonds. The largest absolute Gasteiger partial charge is 0.449 e. The zero-order valence-electron chi connectivity index (χ0n) is 6.99. The Bertz CT molecular complexity index is 517. The SMILES string of the molecule is Fc1c(Cl)ccc2[nH]c(C(F)(F)F)nc12. The van der Waals surface area contributed by atoms with E-state index in [1.807, 2.05) is 4.98 Å². The molecule has 0 atom stereocenters. The Kier molecular flexibility index (Phi) is 2.11. The first-order valence-corrected chi connectivity index (χ1v) is 4.18. The molecule has 0 unspecified atom stereocenters. The molecule has 2 rings (SSSR count). The topological polar surface area (TPSA) is 28.7 Å². The average Bonchev–Trinajstić information content (AvgIpc) is 2.55. The predicted molar refractivity (Wildman–Crippen MR) is 46.1 cm³/mol. The predicted octanol–water partition coefficient (Wildman–Crippen LogP) is 3.37. The Balaban J connectivity index is 2.72. The second-order valence-corrected chi connectivity index (χ2v) is 3.25. The number of H-pyrrole nitrogens is 1. The van der Waals surface area contributed by atoms with Crippen molar-refractivity contribution in [1.82, 2.24) is 9.97 Å². The van der Waals surface area contributed by atoms with E-state index < -0.39 is 23.3 Å². The van der Waals surface area contributed by atoms with Crippen LogP contribution in [-0.4, -0.2) is 9.97 Å². The van der Waals surface area contributed by atoms with Crippen molar-refractivity contribution in [3.05, 3.63) is 28.8 Å². The molecule has 2 aromatic rings. The average molecular weight is 239 g/mol. The summed E-state index contributed by atoms with van der Waals surface area (Å²) in [5.74, 6) is -2.19. The second kappa shape index (κ2) is 3.10. The quantitative estimate of drug-likeness (QED) is 0.701. The smallest absolute Gasteiger partial charge is 0.334 e. The minimum absolute atomic E-state index is 0.0378. The summed E-state index contributed by atoms with van der Waals surface area (Å²) in [6.07, 6.45) is -4.63. The van der Waals surface area contributed by atoms with Crippen LogP contribution in [0.25, 0.3) is 11.0 Å². The highest BCUT2D eigenvalue weighted by Crippen LogP contribution is 2.30. The van der Waals surface area contributed by atoms with Crippen LogP contribution in [0.3, 0.4) is 0 Å². The van der Waals surface area contributed by atoms with E-state index in [4.69, 9.17) is 11.6 Å². The van der Waals surface area contributed by atoms with Gasteiger partial charge in [-0.2, -0.15) is 13.2 Å². The minimum Gasteiger partial charge on any atom is -0.334 e. The Morgan fingerprint density at radius 3 is 2.53 bits per heavy atom. The first kappa shape index (κ1) is 10.2. The normalized spacial score (nSPS) is 12.3. The van der Waals surface area contributed by atoms with Crippen molar-refractivity contribution in [2.45, 2.75) is 6.18 Å². The maximum atomic E-state index is 13.2. The summed E-state index contributed by atoms with van der Waals surface area (Å²) in [4.78, 5) is 5.07. The number of aromatic amines is 1. The Hall–Kier alpha value is -1.30. The van der Waals surface area contributed by atoms with Gasteiger partial charge in [0.2, 0.25) is 5.82 Å². The standard InChI is InChI=1S/C8H3ClF4N2/c9-3-1-2-4-6(5(3)10)15-7(14-4)8(11,12)13/h1-2H,(H,14,15). The molecule has 1 N–H and O–H groups in total. The van der Waals surface area contributed by atoms with E-state index in [0.717, 1.165) is 6.07 Å². The fraction of sp³-hybridized carbons (Fsp3) is 0.125. The molecule has 1 aromatic heterocycles. The molecule has 0 fully saturated rings. The van der Waals surface area contributed by atoms with E-state index in [1.165, 1.54) is 6.07 Å². The first-order chi connectivity index (χ1) is 6.89. The molecule has 0 bridgehead atoms. The molecule has 0 radical (unpaired) electrons. The van der Waals surface area contributed by atoms with Gasteiger partial charge in [0.1, 0.15) is 5.52 Å².